The molecular formula is C30H28N2O8. The largest absolute Gasteiger partial charge is 0.504 e. The van der Waals surface area contributed by atoms with Gasteiger partial charge in [-0.25, -0.2) is 0 Å². The van der Waals surface area contributed by atoms with E-state index >= 15 is 0 Å². The predicted molar refractivity (Wildman–Crippen MR) is 146 cm³/mol. The van der Waals surface area contributed by atoms with Gasteiger partial charge in [-0.05, 0) is 24.7 Å². The van der Waals surface area contributed by atoms with E-state index in [9.17, 15) is 24.9 Å². The van der Waals surface area contributed by atoms with Crippen LogP contribution < -0.4 is 14.9 Å². The number of likely N-dealkylation sites (N-methyl/N-ethyl adjacent to an activating group) is 1. The summed E-state index contributed by atoms with van der Waals surface area (Å²) >= 11 is 0. The number of benzene rings is 3. The Balaban J connectivity index is 1.56. The molecular weight excluding hydrogens is 516 g/mol. The van der Waals surface area contributed by atoms with Gasteiger partial charge < -0.3 is 39.0 Å². The zero-order chi connectivity index (χ0) is 28.0. The summed E-state index contributed by atoms with van der Waals surface area (Å²) in [7, 11) is 1.99. The number of phenolic OH excluding ortho intramolecular Hbond substituents is 3. The van der Waals surface area contributed by atoms with Crippen LogP contribution in [0.3, 0.4) is 0 Å². The summed E-state index contributed by atoms with van der Waals surface area (Å²) in [6.07, 6.45) is -0.102. The number of rotatable bonds is 5. The number of ether oxygens (including phenoxy) is 2. The van der Waals surface area contributed by atoms with Crippen molar-refractivity contribution >= 4 is 16.9 Å². The third-order valence-electron chi connectivity index (χ3n) is 7.57. The maximum Gasteiger partial charge on any atom is 0.231 e. The van der Waals surface area contributed by atoms with Crippen molar-refractivity contribution < 1.29 is 34.0 Å². The van der Waals surface area contributed by atoms with Crippen LogP contribution in [-0.4, -0.2) is 71.0 Å². The Morgan fingerprint density at radius 1 is 0.900 bits per heavy atom. The van der Waals surface area contributed by atoms with Gasteiger partial charge in [0.1, 0.15) is 16.7 Å². The quantitative estimate of drug-likeness (QED) is 0.322. The molecule has 2 aliphatic heterocycles. The molecule has 0 aliphatic carbocycles. The van der Waals surface area contributed by atoms with E-state index in [1.807, 2.05) is 13.1 Å². The smallest absolute Gasteiger partial charge is 0.231 e. The van der Waals surface area contributed by atoms with Gasteiger partial charge in [0.15, 0.2) is 28.4 Å². The normalized spacial score (nSPS) is 15.9. The Morgan fingerprint density at radius 2 is 1.62 bits per heavy atom. The lowest BCUT2D eigenvalue weighted by molar-refractivity contribution is -0.133. The highest BCUT2D eigenvalue weighted by atomic mass is 16.7. The minimum atomic E-state index is -0.871. The van der Waals surface area contributed by atoms with Crippen LogP contribution >= 0.6 is 0 Å². The SMILES string of the molecule is CN1CCN(C(=O)C[C@@H](c2ccc3c(c2)OCO3)c2c(O)c(O)c(O)c3c(=O)cc(-c4ccccc4)oc23)CC1. The lowest BCUT2D eigenvalue weighted by atomic mass is 9.85. The lowest BCUT2D eigenvalue weighted by Crippen LogP contribution is -2.47. The van der Waals surface area contributed by atoms with Gasteiger partial charge in [-0.1, -0.05) is 36.4 Å². The third-order valence-corrected chi connectivity index (χ3v) is 7.57. The van der Waals surface area contributed by atoms with Crippen LogP contribution in [0.1, 0.15) is 23.5 Å². The monoisotopic (exact) mass is 544 g/mol. The molecule has 0 radical (unpaired) electrons. The third kappa shape index (κ3) is 4.46. The molecule has 3 aromatic carbocycles. The number of aromatic hydroxyl groups is 3. The molecule has 1 atom stereocenters. The number of carbonyl (C=O) groups excluding carboxylic acids is 1. The molecule has 1 fully saturated rings. The molecule has 6 rings (SSSR count). The highest BCUT2D eigenvalue weighted by Crippen LogP contribution is 2.50. The van der Waals surface area contributed by atoms with Crippen LogP contribution in [0.5, 0.6) is 28.7 Å². The van der Waals surface area contributed by atoms with Crippen LogP contribution in [0.25, 0.3) is 22.3 Å². The molecule has 2 aliphatic rings. The maximum absolute atomic E-state index is 13.6. The maximum atomic E-state index is 13.6. The molecule has 40 heavy (non-hydrogen) atoms. The van der Waals surface area contributed by atoms with Crippen LogP contribution in [-0.2, 0) is 4.79 Å². The number of hydrogen-bond donors (Lipinski definition) is 3. The van der Waals surface area contributed by atoms with Crippen molar-refractivity contribution in [1.82, 2.24) is 9.80 Å². The van der Waals surface area contributed by atoms with E-state index < -0.39 is 28.6 Å². The fraction of sp³-hybridized carbons (Fsp3) is 0.267. The van der Waals surface area contributed by atoms with E-state index in [-0.39, 0.29) is 41.4 Å². The highest BCUT2D eigenvalue weighted by molar-refractivity contribution is 5.94. The summed E-state index contributed by atoms with van der Waals surface area (Å²) in [5.74, 6) is -2.16. The summed E-state index contributed by atoms with van der Waals surface area (Å²) in [6.45, 7) is 2.59. The number of amides is 1. The summed E-state index contributed by atoms with van der Waals surface area (Å²) in [6, 6.07) is 15.3. The molecule has 0 bridgehead atoms. The van der Waals surface area contributed by atoms with Crippen molar-refractivity contribution in [2.75, 3.05) is 40.0 Å². The van der Waals surface area contributed by atoms with Crippen molar-refractivity contribution in [3.8, 4) is 40.1 Å². The highest BCUT2D eigenvalue weighted by Gasteiger charge is 2.33. The standard InChI is InChI=1S/C30H28N2O8/c1-31-9-11-32(12-10-31)24(34)14-19(18-7-8-21-23(13-18)39-16-38-21)25-27(35)29(37)28(36)26-20(33)15-22(40-30(25)26)17-5-3-2-4-6-17/h2-8,13,15,19,35-37H,9-12,14,16H2,1H3/t19-/m0/s1. The number of nitrogens with zero attached hydrogens (tertiary/aromatic N) is 2. The van der Waals surface area contributed by atoms with Gasteiger partial charge in [0.25, 0.3) is 0 Å². The number of piperazine rings is 1. The van der Waals surface area contributed by atoms with Gasteiger partial charge in [-0.15, -0.1) is 0 Å². The molecule has 4 aromatic rings. The molecule has 0 saturated carbocycles. The summed E-state index contributed by atoms with van der Waals surface area (Å²) in [4.78, 5) is 30.8. The molecule has 10 nitrogen and oxygen atoms in total. The van der Waals surface area contributed by atoms with E-state index in [1.165, 1.54) is 6.07 Å². The second kappa shape index (κ2) is 10.1. The average Bonchev–Trinajstić information content (AvgIpc) is 3.44. The topological polar surface area (TPSA) is 133 Å². The second-order valence-corrected chi connectivity index (χ2v) is 10.1. The van der Waals surface area contributed by atoms with Crippen molar-refractivity contribution in [1.29, 1.82) is 0 Å². The van der Waals surface area contributed by atoms with E-state index in [2.05, 4.69) is 4.90 Å². The van der Waals surface area contributed by atoms with Gasteiger partial charge in [0.2, 0.25) is 18.4 Å². The Bertz CT molecular complexity index is 1660. The second-order valence-electron chi connectivity index (χ2n) is 10.1. The Labute approximate surface area is 229 Å². The number of hydrogen-bond acceptors (Lipinski definition) is 9. The zero-order valence-corrected chi connectivity index (χ0v) is 21.8. The van der Waals surface area contributed by atoms with Crippen LogP contribution in [0, 0.1) is 0 Å². The van der Waals surface area contributed by atoms with Crippen LogP contribution in [0.2, 0.25) is 0 Å². The molecule has 1 amide bonds. The first kappa shape index (κ1) is 25.6. The summed E-state index contributed by atoms with van der Waals surface area (Å²) < 4.78 is 17.2. The van der Waals surface area contributed by atoms with Crippen molar-refractivity contribution in [3.63, 3.8) is 0 Å². The van der Waals surface area contributed by atoms with Crippen LogP contribution in [0.15, 0.2) is 63.8 Å². The van der Waals surface area contributed by atoms with E-state index in [0.29, 0.717) is 35.7 Å². The predicted octanol–water partition coefficient (Wildman–Crippen LogP) is 3.60. The molecule has 0 unspecified atom stereocenters. The first-order valence-electron chi connectivity index (χ1n) is 13.0. The molecule has 10 heteroatoms. The first-order chi connectivity index (χ1) is 19.3. The van der Waals surface area contributed by atoms with E-state index in [1.54, 1.807) is 47.4 Å². The fourth-order valence-electron chi connectivity index (χ4n) is 5.32. The van der Waals surface area contributed by atoms with Crippen molar-refractivity contribution in [2.24, 2.45) is 0 Å². The number of fused-ring (bicyclic) bond motifs is 2. The molecule has 1 aromatic heterocycles. The van der Waals surface area contributed by atoms with Gasteiger partial charge in [-0.3, -0.25) is 9.59 Å². The average molecular weight is 545 g/mol. The van der Waals surface area contributed by atoms with Crippen LogP contribution in [0.4, 0.5) is 0 Å². The Hall–Kier alpha value is -4.70. The van der Waals surface area contributed by atoms with Crippen molar-refractivity contribution in [2.45, 2.75) is 12.3 Å². The minimum absolute atomic E-state index is 0.0153. The van der Waals surface area contributed by atoms with Gasteiger partial charge in [0.05, 0.1) is 0 Å². The van der Waals surface area contributed by atoms with E-state index in [4.69, 9.17) is 13.9 Å². The minimum Gasteiger partial charge on any atom is -0.504 e. The molecule has 0 spiro atoms. The number of phenols is 3. The molecule has 206 valence electrons. The first-order valence-corrected chi connectivity index (χ1v) is 13.0. The fourth-order valence-corrected chi connectivity index (χ4v) is 5.32. The van der Waals surface area contributed by atoms with Gasteiger partial charge >= 0.3 is 0 Å². The summed E-state index contributed by atoms with van der Waals surface area (Å²) in [5.41, 5.74) is 0.465. The van der Waals surface area contributed by atoms with Crippen molar-refractivity contribution in [3.05, 3.63) is 75.9 Å². The van der Waals surface area contributed by atoms with Gasteiger partial charge in [0, 0.05) is 55.7 Å². The Morgan fingerprint density at radius 3 is 2.38 bits per heavy atom. The van der Waals surface area contributed by atoms with E-state index in [0.717, 1.165) is 13.1 Å². The zero-order valence-electron chi connectivity index (χ0n) is 21.8. The number of carbonyl (C=O) groups is 1. The lowest BCUT2D eigenvalue weighted by Gasteiger charge is -2.33. The summed E-state index contributed by atoms with van der Waals surface area (Å²) in [5, 5.41) is 32.4. The molecule has 3 N–H and O–H groups in total. The molecule has 3 heterocycles. The Kier molecular flexibility index (Phi) is 6.47. The molecule has 1 saturated heterocycles. The van der Waals surface area contributed by atoms with Gasteiger partial charge in [-0.2, -0.15) is 0 Å².